The van der Waals surface area contributed by atoms with Crippen molar-refractivity contribution in [3.05, 3.63) is 71.8 Å². The van der Waals surface area contributed by atoms with E-state index in [9.17, 15) is 0 Å². The molecule has 0 amide bonds. The summed E-state index contributed by atoms with van der Waals surface area (Å²) in [7, 11) is 0. The van der Waals surface area contributed by atoms with Crippen LogP contribution in [0, 0.1) is 5.92 Å². The minimum Gasteiger partial charge on any atom is -0.376 e. The van der Waals surface area contributed by atoms with E-state index in [0.717, 1.165) is 17.5 Å². The molecule has 0 unspecified atom stereocenters. The molecular weight excluding hydrogens is 347 g/mol. The first-order chi connectivity index (χ1) is 9.38. The SMILES string of the molecule is IC[C@H](COCc1ccccc1)Cc1ccccc1. The Bertz CT molecular complexity index is 455. The molecule has 1 nitrogen and oxygen atoms in total. The molecule has 100 valence electrons. The molecule has 0 fully saturated rings. The van der Waals surface area contributed by atoms with Crippen molar-refractivity contribution in [3.63, 3.8) is 0 Å². The lowest BCUT2D eigenvalue weighted by atomic mass is 10.0. The topological polar surface area (TPSA) is 9.23 Å². The Morgan fingerprint density at radius 1 is 0.842 bits per heavy atom. The Morgan fingerprint density at radius 2 is 1.42 bits per heavy atom. The molecule has 19 heavy (non-hydrogen) atoms. The molecule has 0 saturated carbocycles. The highest BCUT2D eigenvalue weighted by Crippen LogP contribution is 2.13. The van der Waals surface area contributed by atoms with Crippen LogP contribution in [0.25, 0.3) is 0 Å². The molecule has 0 bridgehead atoms. The predicted molar refractivity (Wildman–Crippen MR) is 88.6 cm³/mol. The minimum atomic E-state index is 0.590. The van der Waals surface area contributed by atoms with E-state index in [-0.39, 0.29) is 0 Å². The molecule has 0 heterocycles. The number of hydrogen-bond acceptors (Lipinski definition) is 1. The Morgan fingerprint density at radius 3 is 2.00 bits per heavy atom. The zero-order valence-corrected chi connectivity index (χ0v) is 13.1. The van der Waals surface area contributed by atoms with Crippen LogP contribution in [0.5, 0.6) is 0 Å². The van der Waals surface area contributed by atoms with Gasteiger partial charge in [-0.25, -0.2) is 0 Å². The van der Waals surface area contributed by atoms with Crippen LogP contribution >= 0.6 is 22.6 Å². The van der Waals surface area contributed by atoms with Gasteiger partial charge in [0.25, 0.3) is 0 Å². The van der Waals surface area contributed by atoms with Gasteiger partial charge in [-0.1, -0.05) is 83.3 Å². The minimum absolute atomic E-state index is 0.590. The molecule has 2 heteroatoms. The molecule has 0 aliphatic carbocycles. The van der Waals surface area contributed by atoms with Gasteiger partial charge in [-0.3, -0.25) is 0 Å². The molecule has 2 aromatic rings. The van der Waals surface area contributed by atoms with Gasteiger partial charge in [0.15, 0.2) is 0 Å². The van der Waals surface area contributed by atoms with Crippen LogP contribution in [0.15, 0.2) is 60.7 Å². The summed E-state index contributed by atoms with van der Waals surface area (Å²) in [5.74, 6) is 0.590. The van der Waals surface area contributed by atoms with E-state index >= 15 is 0 Å². The van der Waals surface area contributed by atoms with Crippen LogP contribution in [-0.4, -0.2) is 11.0 Å². The van der Waals surface area contributed by atoms with E-state index in [2.05, 4.69) is 77.2 Å². The van der Waals surface area contributed by atoms with Crippen LogP contribution in [-0.2, 0) is 17.8 Å². The van der Waals surface area contributed by atoms with Crippen LogP contribution < -0.4 is 0 Å². The number of hydrogen-bond donors (Lipinski definition) is 0. The average molecular weight is 366 g/mol. The Hall–Kier alpha value is -0.870. The number of ether oxygens (including phenoxy) is 1. The van der Waals surface area contributed by atoms with Crippen LogP contribution in [0.2, 0.25) is 0 Å². The standard InChI is InChI=1S/C17H19IO/c18-12-17(11-15-7-3-1-4-8-15)14-19-13-16-9-5-2-6-10-16/h1-10,17H,11-14H2/t17-/m1/s1. The molecule has 0 aromatic heterocycles. The fourth-order valence-electron chi connectivity index (χ4n) is 2.02. The first kappa shape index (κ1) is 14.5. The van der Waals surface area contributed by atoms with E-state index < -0.39 is 0 Å². The summed E-state index contributed by atoms with van der Waals surface area (Å²) < 4.78 is 6.97. The number of alkyl halides is 1. The molecule has 2 rings (SSSR count). The third-order valence-electron chi connectivity index (χ3n) is 3.05. The summed E-state index contributed by atoms with van der Waals surface area (Å²) in [6, 6.07) is 21.0. The van der Waals surface area contributed by atoms with Crippen molar-refractivity contribution >= 4 is 22.6 Å². The van der Waals surface area contributed by atoms with Crippen molar-refractivity contribution in [1.82, 2.24) is 0 Å². The van der Waals surface area contributed by atoms with E-state index in [1.807, 2.05) is 6.07 Å². The zero-order valence-electron chi connectivity index (χ0n) is 11.0. The Labute approximate surface area is 129 Å². The molecule has 2 aromatic carbocycles. The fourth-order valence-corrected chi connectivity index (χ4v) is 2.59. The van der Waals surface area contributed by atoms with Crippen LogP contribution in [0.1, 0.15) is 11.1 Å². The first-order valence-corrected chi connectivity index (χ1v) is 8.12. The third kappa shape index (κ3) is 5.33. The average Bonchev–Trinajstić information content (AvgIpc) is 2.48. The first-order valence-electron chi connectivity index (χ1n) is 6.60. The van der Waals surface area contributed by atoms with Gasteiger partial charge in [0.1, 0.15) is 0 Å². The van der Waals surface area contributed by atoms with Gasteiger partial charge < -0.3 is 4.74 Å². The molecule has 0 aliphatic rings. The van der Waals surface area contributed by atoms with Crippen LogP contribution in [0.3, 0.4) is 0 Å². The number of benzene rings is 2. The maximum atomic E-state index is 5.84. The molecular formula is C17H19IO. The maximum Gasteiger partial charge on any atom is 0.0717 e. The number of rotatable bonds is 7. The highest BCUT2D eigenvalue weighted by atomic mass is 127. The highest BCUT2D eigenvalue weighted by molar-refractivity contribution is 14.1. The monoisotopic (exact) mass is 366 g/mol. The van der Waals surface area contributed by atoms with Gasteiger partial charge >= 0.3 is 0 Å². The molecule has 0 N–H and O–H groups in total. The molecule has 0 spiro atoms. The van der Waals surface area contributed by atoms with Crippen molar-refractivity contribution in [2.24, 2.45) is 5.92 Å². The van der Waals surface area contributed by atoms with E-state index in [1.54, 1.807) is 0 Å². The second-order valence-corrected chi connectivity index (χ2v) is 5.59. The fraction of sp³-hybridized carbons (Fsp3) is 0.294. The van der Waals surface area contributed by atoms with Crippen molar-refractivity contribution in [1.29, 1.82) is 0 Å². The van der Waals surface area contributed by atoms with Gasteiger partial charge in [0, 0.05) is 4.43 Å². The van der Waals surface area contributed by atoms with Crippen molar-refractivity contribution < 1.29 is 4.74 Å². The highest BCUT2D eigenvalue weighted by Gasteiger charge is 2.08. The normalized spacial score (nSPS) is 12.3. The summed E-state index contributed by atoms with van der Waals surface area (Å²) in [4.78, 5) is 0. The summed E-state index contributed by atoms with van der Waals surface area (Å²) in [6.07, 6.45) is 1.10. The van der Waals surface area contributed by atoms with E-state index in [4.69, 9.17) is 4.74 Å². The second kappa shape index (κ2) is 8.33. The molecule has 0 aliphatic heterocycles. The molecule has 0 saturated heterocycles. The lowest BCUT2D eigenvalue weighted by molar-refractivity contribution is 0.0942. The summed E-state index contributed by atoms with van der Waals surface area (Å²) in [6.45, 7) is 1.54. The summed E-state index contributed by atoms with van der Waals surface area (Å²) >= 11 is 2.45. The lowest BCUT2D eigenvalue weighted by Crippen LogP contribution is -2.14. The van der Waals surface area contributed by atoms with Crippen molar-refractivity contribution in [2.75, 3.05) is 11.0 Å². The van der Waals surface area contributed by atoms with E-state index in [1.165, 1.54) is 11.1 Å². The summed E-state index contributed by atoms with van der Waals surface area (Å²) in [5.41, 5.74) is 2.64. The second-order valence-electron chi connectivity index (χ2n) is 4.71. The van der Waals surface area contributed by atoms with Crippen molar-refractivity contribution in [3.8, 4) is 0 Å². The van der Waals surface area contributed by atoms with Gasteiger partial charge in [-0.2, -0.15) is 0 Å². The third-order valence-corrected chi connectivity index (χ3v) is 4.30. The molecule has 0 radical (unpaired) electrons. The van der Waals surface area contributed by atoms with E-state index in [0.29, 0.717) is 12.5 Å². The van der Waals surface area contributed by atoms with Gasteiger partial charge in [-0.15, -0.1) is 0 Å². The predicted octanol–water partition coefficient (Wildman–Crippen LogP) is 4.50. The van der Waals surface area contributed by atoms with Crippen molar-refractivity contribution in [2.45, 2.75) is 13.0 Å². The van der Waals surface area contributed by atoms with Gasteiger partial charge in [0.2, 0.25) is 0 Å². The van der Waals surface area contributed by atoms with Gasteiger partial charge in [0.05, 0.1) is 13.2 Å². The Kier molecular flexibility index (Phi) is 6.37. The summed E-state index contributed by atoms with van der Waals surface area (Å²) in [5, 5.41) is 0. The zero-order chi connectivity index (χ0) is 13.3. The maximum absolute atomic E-state index is 5.84. The van der Waals surface area contributed by atoms with Crippen LogP contribution in [0.4, 0.5) is 0 Å². The molecule has 1 atom stereocenters. The Balaban J connectivity index is 1.77. The lowest BCUT2D eigenvalue weighted by Gasteiger charge is -2.14. The largest absolute Gasteiger partial charge is 0.376 e. The smallest absolute Gasteiger partial charge is 0.0717 e. The quantitative estimate of drug-likeness (QED) is 0.518. The number of halogens is 1. The van der Waals surface area contributed by atoms with Gasteiger partial charge in [-0.05, 0) is 23.5 Å².